The van der Waals surface area contributed by atoms with Crippen molar-refractivity contribution in [2.45, 2.75) is 32.4 Å². The van der Waals surface area contributed by atoms with Crippen molar-refractivity contribution in [3.8, 4) is 0 Å². The Labute approximate surface area is 111 Å². The first kappa shape index (κ1) is 11.9. The van der Waals surface area contributed by atoms with E-state index in [1.165, 1.54) is 0 Å². The van der Waals surface area contributed by atoms with Gasteiger partial charge in [-0.2, -0.15) is 0 Å². The standard InChI is InChI=1S/C14H16N4O/c1-10-2-3-11(8-16-10)9-17-13-14(19)18(7-6-15-13)12-4-5-12/h2-3,6-8,12H,4-5,9H2,1H3,(H,15,17). The van der Waals surface area contributed by atoms with Gasteiger partial charge in [-0.3, -0.25) is 9.78 Å². The number of hydrogen-bond donors (Lipinski definition) is 1. The Morgan fingerprint density at radius 2 is 2.21 bits per heavy atom. The van der Waals surface area contributed by atoms with Gasteiger partial charge in [0.15, 0.2) is 5.82 Å². The molecule has 0 aliphatic heterocycles. The second-order valence-corrected chi connectivity index (χ2v) is 4.88. The van der Waals surface area contributed by atoms with Crippen LogP contribution in [0.5, 0.6) is 0 Å². The van der Waals surface area contributed by atoms with E-state index in [-0.39, 0.29) is 5.56 Å². The van der Waals surface area contributed by atoms with Crippen LogP contribution in [0.2, 0.25) is 0 Å². The number of hydrogen-bond acceptors (Lipinski definition) is 4. The summed E-state index contributed by atoms with van der Waals surface area (Å²) < 4.78 is 1.77. The van der Waals surface area contributed by atoms with Crippen LogP contribution < -0.4 is 10.9 Å². The lowest BCUT2D eigenvalue weighted by molar-refractivity contribution is 0.699. The number of nitrogens with zero attached hydrogens (tertiary/aromatic N) is 3. The van der Waals surface area contributed by atoms with Gasteiger partial charge in [0.2, 0.25) is 0 Å². The molecule has 0 radical (unpaired) electrons. The summed E-state index contributed by atoms with van der Waals surface area (Å²) in [4.78, 5) is 20.5. The Morgan fingerprint density at radius 3 is 2.89 bits per heavy atom. The molecule has 0 bridgehead atoms. The van der Waals surface area contributed by atoms with Gasteiger partial charge in [-0.25, -0.2) is 4.98 Å². The summed E-state index contributed by atoms with van der Waals surface area (Å²) in [7, 11) is 0. The Bertz CT molecular complexity index is 629. The maximum atomic E-state index is 12.1. The number of aryl methyl sites for hydroxylation is 1. The number of anilines is 1. The third-order valence-corrected chi connectivity index (χ3v) is 3.24. The topological polar surface area (TPSA) is 59.8 Å². The fraction of sp³-hybridized carbons (Fsp3) is 0.357. The van der Waals surface area contributed by atoms with E-state index in [4.69, 9.17) is 0 Å². The number of aromatic nitrogens is 3. The molecule has 5 heteroatoms. The van der Waals surface area contributed by atoms with Gasteiger partial charge in [-0.1, -0.05) is 6.07 Å². The Morgan fingerprint density at radius 1 is 1.37 bits per heavy atom. The predicted octanol–water partition coefficient (Wildman–Crippen LogP) is 1.89. The first-order chi connectivity index (χ1) is 9.24. The van der Waals surface area contributed by atoms with Crippen LogP contribution >= 0.6 is 0 Å². The van der Waals surface area contributed by atoms with Crippen molar-refractivity contribution in [1.82, 2.24) is 14.5 Å². The molecular weight excluding hydrogens is 240 g/mol. The summed E-state index contributed by atoms with van der Waals surface area (Å²) in [6.45, 7) is 2.51. The van der Waals surface area contributed by atoms with E-state index in [0.717, 1.165) is 24.1 Å². The van der Waals surface area contributed by atoms with Crippen molar-refractivity contribution in [1.29, 1.82) is 0 Å². The quantitative estimate of drug-likeness (QED) is 0.907. The minimum Gasteiger partial charge on any atom is -0.361 e. The Hall–Kier alpha value is -2.17. The van der Waals surface area contributed by atoms with Crippen LogP contribution in [-0.4, -0.2) is 14.5 Å². The van der Waals surface area contributed by atoms with Crippen molar-refractivity contribution in [2.24, 2.45) is 0 Å². The van der Waals surface area contributed by atoms with Crippen molar-refractivity contribution in [3.63, 3.8) is 0 Å². The zero-order valence-electron chi connectivity index (χ0n) is 10.8. The van der Waals surface area contributed by atoms with Crippen LogP contribution in [0.3, 0.4) is 0 Å². The minimum atomic E-state index is -0.0370. The monoisotopic (exact) mass is 256 g/mol. The molecule has 2 aromatic heterocycles. The highest BCUT2D eigenvalue weighted by atomic mass is 16.1. The third-order valence-electron chi connectivity index (χ3n) is 3.24. The van der Waals surface area contributed by atoms with Crippen LogP contribution in [0.25, 0.3) is 0 Å². The smallest absolute Gasteiger partial charge is 0.293 e. The van der Waals surface area contributed by atoms with Gasteiger partial charge in [-0.15, -0.1) is 0 Å². The fourth-order valence-electron chi connectivity index (χ4n) is 1.98. The Balaban J connectivity index is 1.74. The highest BCUT2D eigenvalue weighted by molar-refractivity contribution is 5.32. The molecule has 0 saturated heterocycles. The molecule has 1 N–H and O–H groups in total. The molecule has 2 aromatic rings. The summed E-state index contributed by atoms with van der Waals surface area (Å²) in [5, 5.41) is 3.09. The van der Waals surface area contributed by atoms with Gasteiger partial charge in [0.25, 0.3) is 5.56 Å². The summed E-state index contributed by atoms with van der Waals surface area (Å²) in [6.07, 6.45) is 7.43. The predicted molar refractivity (Wildman–Crippen MR) is 73.1 cm³/mol. The van der Waals surface area contributed by atoms with Crippen LogP contribution in [0.4, 0.5) is 5.82 Å². The second kappa shape index (κ2) is 4.84. The lowest BCUT2D eigenvalue weighted by atomic mass is 10.2. The van der Waals surface area contributed by atoms with Gasteiger partial charge >= 0.3 is 0 Å². The van der Waals surface area contributed by atoms with Crippen LogP contribution in [0.15, 0.2) is 35.5 Å². The molecular formula is C14H16N4O. The zero-order chi connectivity index (χ0) is 13.2. The van der Waals surface area contributed by atoms with Crippen LogP contribution in [0.1, 0.15) is 30.1 Å². The lowest BCUT2D eigenvalue weighted by Gasteiger charge is -2.08. The summed E-state index contributed by atoms with van der Waals surface area (Å²) in [6, 6.07) is 4.33. The molecule has 1 aliphatic carbocycles. The van der Waals surface area contributed by atoms with E-state index in [1.807, 2.05) is 25.3 Å². The molecule has 1 saturated carbocycles. The van der Waals surface area contributed by atoms with E-state index in [1.54, 1.807) is 17.0 Å². The van der Waals surface area contributed by atoms with Gasteiger partial charge in [0.05, 0.1) is 0 Å². The van der Waals surface area contributed by atoms with E-state index in [0.29, 0.717) is 18.4 Å². The molecule has 0 amide bonds. The van der Waals surface area contributed by atoms with E-state index < -0.39 is 0 Å². The van der Waals surface area contributed by atoms with Crippen molar-refractivity contribution in [2.75, 3.05) is 5.32 Å². The number of pyridine rings is 1. The lowest BCUT2D eigenvalue weighted by Crippen LogP contribution is -2.23. The second-order valence-electron chi connectivity index (χ2n) is 4.88. The molecule has 0 aromatic carbocycles. The first-order valence-electron chi connectivity index (χ1n) is 6.46. The number of nitrogens with one attached hydrogen (secondary N) is 1. The highest BCUT2D eigenvalue weighted by Gasteiger charge is 2.25. The molecule has 3 rings (SSSR count). The maximum Gasteiger partial charge on any atom is 0.293 e. The van der Waals surface area contributed by atoms with Gasteiger partial charge in [0.1, 0.15) is 0 Å². The summed E-state index contributed by atoms with van der Waals surface area (Å²) >= 11 is 0. The number of rotatable bonds is 4. The fourth-order valence-corrected chi connectivity index (χ4v) is 1.98. The van der Waals surface area contributed by atoms with Gasteiger partial charge in [-0.05, 0) is 31.4 Å². The molecule has 1 aliphatic rings. The van der Waals surface area contributed by atoms with E-state index in [9.17, 15) is 4.79 Å². The SMILES string of the molecule is Cc1ccc(CNc2nccn(C3CC3)c2=O)cn1. The first-order valence-corrected chi connectivity index (χ1v) is 6.46. The molecule has 1 fully saturated rings. The maximum absolute atomic E-state index is 12.1. The van der Waals surface area contributed by atoms with Gasteiger partial charge in [0, 0.05) is 36.9 Å². The average molecular weight is 256 g/mol. The highest BCUT2D eigenvalue weighted by Crippen LogP contribution is 2.33. The molecule has 2 heterocycles. The van der Waals surface area contributed by atoms with Crippen molar-refractivity contribution >= 4 is 5.82 Å². The largest absolute Gasteiger partial charge is 0.361 e. The third kappa shape index (κ3) is 2.65. The minimum absolute atomic E-state index is 0.0370. The van der Waals surface area contributed by atoms with Crippen LogP contribution in [-0.2, 0) is 6.54 Å². The van der Waals surface area contributed by atoms with E-state index >= 15 is 0 Å². The van der Waals surface area contributed by atoms with Crippen molar-refractivity contribution in [3.05, 3.63) is 52.3 Å². The van der Waals surface area contributed by atoms with Gasteiger partial charge < -0.3 is 9.88 Å². The van der Waals surface area contributed by atoms with E-state index in [2.05, 4.69) is 15.3 Å². The molecule has 5 nitrogen and oxygen atoms in total. The normalized spacial score (nSPS) is 14.4. The van der Waals surface area contributed by atoms with Crippen LogP contribution in [0, 0.1) is 6.92 Å². The molecule has 0 spiro atoms. The molecule has 0 atom stereocenters. The molecule has 19 heavy (non-hydrogen) atoms. The summed E-state index contributed by atoms with van der Waals surface area (Å²) in [5.41, 5.74) is 1.98. The molecule has 98 valence electrons. The van der Waals surface area contributed by atoms with Crippen molar-refractivity contribution < 1.29 is 0 Å². The summed E-state index contributed by atoms with van der Waals surface area (Å²) in [5.74, 6) is 0.412. The molecule has 0 unspecified atom stereocenters. The average Bonchev–Trinajstić information content (AvgIpc) is 3.24. The Kier molecular flexibility index (Phi) is 3.03. The zero-order valence-corrected chi connectivity index (χ0v) is 10.8.